The molecule has 0 aliphatic rings. The van der Waals surface area contributed by atoms with Crippen molar-refractivity contribution in [3.63, 3.8) is 0 Å². The highest BCUT2D eigenvalue weighted by atomic mass is 16.6. The minimum Gasteiger partial charge on any atom is -0.485 e. The number of carbonyl (C=O) groups is 1. The fourth-order valence-electron chi connectivity index (χ4n) is 1.42. The van der Waals surface area contributed by atoms with Gasteiger partial charge in [-0.05, 0) is 72.7 Å². The van der Waals surface area contributed by atoms with Gasteiger partial charge in [0.25, 0.3) is 0 Å². The molecule has 0 spiro atoms. The Morgan fingerprint density at radius 1 is 0.952 bits per heavy atom. The van der Waals surface area contributed by atoms with Crippen molar-refractivity contribution < 1.29 is 19.4 Å². The Kier molecular flexibility index (Phi) is 4.73. The van der Waals surface area contributed by atoms with Crippen molar-refractivity contribution >= 4 is 5.97 Å². The van der Waals surface area contributed by atoms with Crippen LogP contribution in [0.25, 0.3) is 0 Å². The van der Waals surface area contributed by atoms with Crippen LogP contribution < -0.4 is 4.74 Å². The lowest BCUT2D eigenvalue weighted by atomic mass is 9.89. The molecule has 0 aliphatic heterocycles. The molecule has 0 atom stereocenters. The molecule has 0 aromatic heterocycles. The fraction of sp³-hybridized carbons (Fsp3) is 0.588. The van der Waals surface area contributed by atoms with Crippen LogP contribution in [0.5, 0.6) is 5.75 Å². The molecule has 1 rings (SSSR count). The zero-order valence-corrected chi connectivity index (χ0v) is 14.0. The second-order valence-corrected chi connectivity index (χ2v) is 7.20. The summed E-state index contributed by atoms with van der Waals surface area (Å²) in [6.07, 6.45) is 0. The van der Waals surface area contributed by atoms with Gasteiger partial charge in [0.1, 0.15) is 17.0 Å². The van der Waals surface area contributed by atoms with Crippen molar-refractivity contribution in [3.05, 3.63) is 29.8 Å². The standard InChI is InChI=1S/C17H26O4/c1-15(2,3)21-14(18)12-8-10-13(11-9-12)20-17(6,7)16(4,5)19/h8-11,19H,1-7H3. The number of hydrogen-bond donors (Lipinski definition) is 1. The quantitative estimate of drug-likeness (QED) is 0.863. The highest BCUT2D eigenvalue weighted by Gasteiger charge is 2.37. The van der Waals surface area contributed by atoms with E-state index in [4.69, 9.17) is 9.47 Å². The van der Waals surface area contributed by atoms with Crippen LogP contribution in [0, 0.1) is 0 Å². The van der Waals surface area contributed by atoms with E-state index in [0.717, 1.165) is 0 Å². The zero-order valence-electron chi connectivity index (χ0n) is 14.0. The molecule has 0 saturated carbocycles. The van der Waals surface area contributed by atoms with Crippen LogP contribution >= 0.6 is 0 Å². The smallest absolute Gasteiger partial charge is 0.338 e. The number of esters is 1. The van der Waals surface area contributed by atoms with E-state index >= 15 is 0 Å². The van der Waals surface area contributed by atoms with Gasteiger partial charge in [-0.1, -0.05) is 0 Å². The largest absolute Gasteiger partial charge is 0.485 e. The molecule has 4 heteroatoms. The molecule has 21 heavy (non-hydrogen) atoms. The Labute approximate surface area is 127 Å². The highest BCUT2D eigenvalue weighted by Crippen LogP contribution is 2.28. The summed E-state index contributed by atoms with van der Waals surface area (Å²) in [4.78, 5) is 11.9. The van der Waals surface area contributed by atoms with Crippen LogP contribution in [0.1, 0.15) is 58.8 Å². The number of rotatable bonds is 4. The topological polar surface area (TPSA) is 55.8 Å². The van der Waals surface area contributed by atoms with E-state index in [9.17, 15) is 9.90 Å². The van der Waals surface area contributed by atoms with Crippen molar-refractivity contribution in [1.29, 1.82) is 0 Å². The number of hydrogen-bond acceptors (Lipinski definition) is 4. The first-order valence-corrected chi connectivity index (χ1v) is 7.07. The molecule has 0 radical (unpaired) electrons. The Hall–Kier alpha value is -1.55. The van der Waals surface area contributed by atoms with Gasteiger partial charge in [-0.25, -0.2) is 4.79 Å². The number of aliphatic hydroxyl groups is 1. The molecular formula is C17H26O4. The Morgan fingerprint density at radius 2 is 1.43 bits per heavy atom. The van der Waals surface area contributed by atoms with E-state index < -0.39 is 16.8 Å². The van der Waals surface area contributed by atoms with E-state index in [1.54, 1.807) is 38.1 Å². The first-order chi connectivity index (χ1) is 9.32. The van der Waals surface area contributed by atoms with Crippen molar-refractivity contribution in [3.8, 4) is 5.75 Å². The van der Waals surface area contributed by atoms with Gasteiger partial charge in [0.2, 0.25) is 0 Å². The van der Waals surface area contributed by atoms with Crippen LogP contribution in [0.2, 0.25) is 0 Å². The van der Waals surface area contributed by atoms with Crippen LogP contribution in [-0.2, 0) is 4.74 Å². The van der Waals surface area contributed by atoms with Gasteiger partial charge in [0.15, 0.2) is 0 Å². The van der Waals surface area contributed by atoms with Crippen LogP contribution in [0.15, 0.2) is 24.3 Å². The minimum atomic E-state index is -0.989. The summed E-state index contributed by atoms with van der Waals surface area (Å²) in [5.74, 6) is 0.227. The molecule has 0 saturated heterocycles. The van der Waals surface area contributed by atoms with Gasteiger partial charge in [-0.15, -0.1) is 0 Å². The molecule has 4 nitrogen and oxygen atoms in total. The molecule has 0 bridgehead atoms. The van der Waals surface area contributed by atoms with Gasteiger partial charge < -0.3 is 14.6 Å². The average Bonchev–Trinajstić information content (AvgIpc) is 2.25. The summed E-state index contributed by atoms with van der Waals surface area (Å²) >= 11 is 0. The molecule has 1 aromatic carbocycles. The van der Waals surface area contributed by atoms with Gasteiger partial charge in [0.05, 0.1) is 11.2 Å². The van der Waals surface area contributed by atoms with E-state index in [-0.39, 0.29) is 5.97 Å². The van der Waals surface area contributed by atoms with Crippen LogP contribution in [-0.4, -0.2) is 27.9 Å². The average molecular weight is 294 g/mol. The lowest BCUT2D eigenvalue weighted by Gasteiger charge is -2.37. The zero-order chi connectivity index (χ0) is 16.5. The summed E-state index contributed by atoms with van der Waals surface area (Å²) in [5.41, 5.74) is -1.79. The molecule has 1 N–H and O–H groups in total. The maximum atomic E-state index is 11.9. The maximum absolute atomic E-state index is 11.9. The number of carbonyl (C=O) groups excluding carboxylic acids is 1. The molecule has 0 heterocycles. The van der Waals surface area contributed by atoms with E-state index in [0.29, 0.717) is 11.3 Å². The SMILES string of the molecule is CC(C)(C)OC(=O)c1ccc(OC(C)(C)C(C)(C)O)cc1. The molecular weight excluding hydrogens is 268 g/mol. The Balaban J connectivity index is 2.82. The first kappa shape index (κ1) is 17.5. The van der Waals surface area contributed by atoms with Crippen LogP contribution in [0.3, 0.4) is 0 Å². The van der Waals surface area contributed by atoms with Crippen molar-refractivity contribution in [1.82, 2.24) is 0 Å². The summed E-state index contributed by atoms with van der Waals surface area (Å²) in [6.45, 7) is 12.5. The van der Waals surface area contributed by atoms with Crippen molar-refractivity contribution in [2.24, 2.45) is 0 Å². The van der Waals surface area contributed by atoms with Gasteiger partial charge in [0, 0.05) is 0 Å². The van der Waals surface area contributed by atoms with Crippen LogP contribution in [0.4, 0.5) is 0 Å². The molecule has 0 amide bonds. The monoisotopic (exact) mass is 294 g/mol. The molecule has 1 aromatic rings. The van der Waals surface area contributed by atoms with Gasteiger partial charge in [-0.3, -0.25) is 0 Å². The first-order valence-electron chi connectivity index (χ1n) is 7.07. The summed E-state index contributed by atoms with van der Waals surface area (Å²) in [5, 5.41) is 10.1. The summed E-state index contributed by atoms with van der Waals surface area (Å²) in [6, 6.07) is 6.72. The second-order valence-electron chi connectivity index (χ2n) is 7.20. The minimum absolute atomic E-state index is 0.365. The fourth-order valence-corrected chi connectivity index (χ4v) is 1.42. The predicted octanol–water partition coefficient (Wildman–Crippen LogP) is 3.57. The van der Waals surface area contributed by atoms with E-state index in [1.807, 2.05) is 34.6 Å². The Bertz CT molecular complexity index is 487. The number of ether oxygens (including phenoxy) is 2. The predicted molar refractivity (Wildman–Crippen MR) is 82.6 cm³/mol. The normalized spacial score (nSPS) is 13.0. The third-order valence-corrected chi connectivity index (χ3v) is 3.34. The third-order valence-electron chi connectivity index (χ3n) is 3.34. The van der Waals surface area contributed by atoms with Crippen molar-refractivity contribution in [2.45, 2.75) is 65.3 Å². The van der Waals surface area contributed by atoms with Gasteiger partial charge in [-0.2, -0.15) is 0 Å². The lowest BCUT2D eigenvalue weighted by molar-refractivity contribution is -0.0906. The van der Waals surface area contributed by atoms with E-state index in [1.165, 1.54) is 0 Å². The maximum Gasteiger partial charge on any atom is 0.338 e. The van der Waals surface area contributed by atoms with E-state index in [2.05, 4.69) is 0 Å². The molecule has 0 unspecified atom stereocenters. The highest BCUT2D eigenvalue weighted by molar-refractivity contribution is 5.89. The number of benzene rings is 1. The second kappa shape index (κ2) is 5.68. The Morgan fingerprint density at radius 3 is 1.81 bits per heavy atom. The molecule has 0 fully saturated rings. The third kappa shape index (κ3) is 5.05. The van der Waals surface area contributed by atoms with Crippen molar-refractivity contribution in [2.75, 3.05) is 0 Å². The molecule has 0 aliphatic carbocycles. The molecule has 118 valence electrons. The summed E-state index contributed by atoms with van der Waals surface area (Å²) < 4.78 is 11.1. The van der Waals surface area contributed by atoms with Gasteiger partial charge >= 0.3 is 5.97 Å². The summed E-state index contributed by atoms with van der Waals surface area (Å²) in [7, 11) is 0. The lowest BCUT2D eigenvalue weighted by Crippen LogP contribution is -2.49.